The number of hydrogen-bond donors (Lipinski definition) is 1. The minimum absolute atomic E-state index is 0.0774. The highest BCUT2D eigenvalue weighted by Crippen LogP contribution is 2.38. The van der Waals surface area contributed by atoms with Gasteiger partial charge >= 0.3 is 6.09 Å². The molecule has 1 aliphatic carbocycles. The van der Waals surface area contributed by atoms with Crippen molar-refractivity contribution in [2.45, 2.75) is 38.3 Å². The molecule has 2 atom stereocenters. The van der Waals surface area contributed by atoms with Crippen molar-refractivity contribution in [1.29, 1.82) is 0 Å². The van der Waals surface area contributed by atoms with Crippen LogP contribution in [0.3, 0.4) is 0 Å². The van der Waals surface area contributed by atoms with E-state index in [2.05, 4.69) is 41.7 Å². The average Bonchev–Trinajstić information content (AvgIpc) is 2.54. The number of carbonyl (C=O) groups is 1. The minimum atomic E-state index is -0.518. The van der Waals surface area contributed by atoms with Gasteiger partial charge in [-0.1, -0.05) is 66.7 Å². The van der Waals surface area contributed by atoms with Gasteiger partial charge < -0.3 is 10.1 Å². The molecule has 0 radical (unpaired) electrons. The normalized spacial score (nSPS) is 19.5. The number of carbonyl (C=O) groups excluding carboxylic acids is 1. The first-order valence-corrected chi connectivity index (χ1v) is 8.26. The molecule has 3 rings (SSSR count). The molecule has 0 unspecified atom stereocenters. The van der Waals surface area contributed by atoms with Crippen LogP contribution in [0.15, 0.2) is 60.7 Å². The average molecular weight is 321 g/mol. The smallest absolute Gasteiger partial charge is 0.408 e. The van der Waals surface area contributed by atoms with Gasteiger partial charge in [0.05, 0.1) is 6.04 Å². The number of benzene rings is 2. The van der Waals surface area contributed by atoms with Crippen LogP contribution in [0.5, 0.6) is 0 Å². The lowest BCUT2D eigenvalue weighted by molar-refractivity contribution is 0.0499. The van der Waals surface area contributed by atoms with E-state index >= 15 is 0 Å². The summed E-state index contributed by atoms with van der Waals surface area (Å²) in [7, 11) is 0. The molecule has 0 bridgehead atoms. The Kier molecular flexibility index (Phi) is 4.43. The summed E-state index contributed by atoms with van der Waals surface area (Å²) in [6.45, 7) is 5.61. The maximum absolute atomic E-state index is 12.4. The zero-order valence-corrected chi connectivity index (χ0v) is 14.3. The molecular weight excluding hydrogens is 298 g/mol. The first kappa shape index (κ1) is 16.3. The third-order valence-electron chi connectivity index (χ3n) is 4.03. The minimum Gasteiger partial charge on any atom is -0.444 e. The molecule has 0 saturated carbocycles. The lowest BCUT2D eigenvalue weighted by Crippen LogP contribution is -2.37. The molecule has 0 aromatic heterocycles. The van der Waals surface area contributed by atoms with Gasteiger partial charge in [-0.2, -0.15) is 0 Å². The van der Waals surface area contributed by atoms with Crippen LogP contribution in [-0.4, -0.2) is 11.7 Å². The van der Waals surface area contributed by atoms with Crippen molar-refractivity contribution in [1.82, 2.24) is 5.32 Å². The van der Waals surface area contributed by atoms with Crippen molar-refractivity contribution in [3.63, 3.8) is 0 Å². The first-order chi connectivity index (χ1) is 11.4. The lowest BCUT2D eigenvalue weighted by Gasteiger charge is -2.32. The molecule has 1 aliphatic rings. The summed E-state index contributed by atoms with van der Waals surface area (Å²) in [5.74, 6) is 0.0774. The summed E-state index contributed by atoms with van der Waals surface area (Å²) in [5, 5.41) is 3.07. The highest BCUT2D eigenvalue weighted by molar-refractivity contribution is 5.70. The number of ether oxygens (including phenoxy) is 1. The Morgan fingerprint density at radius 3 is 2.38 bits per heavy atom. The van der Waals surface area contributed by atoms with Gasteiger partial charge in [0.1, 0.15) is 5.60 Å². The molecule has 1 amide bonds. The van der Waals surface area contributed by atoms with Gasteiger partial charge in [0, 0.05) is 5.92 Å². The maximum Gasteiger partial charge on any atom is 0.408 e. The summed E-state index contributed by atoms with van der Waals surface area (Å²) in [5.41, 5.74) is 2.89. The fourth-order valence-electron chi connectivity index (χ4n) is 3.04. The third kappa shape index (κ3) is 3.67. The van der Waals surface area contributed by atoms with Gasteiger partial charge in [-0.25, -0.2) is 4.79 Å². The topological polar surface area (TPSA) is 38.3 Å². The monoisotopic (exact) mass is 321 g/mol. The van der Waals surface area contributed by atoms with E-state index in [9.17, 15) is 4.79 Å². The van der Waals surface area contributed by atoms with Gasteiger partial charge in [-0.05, 0) is 37.5 Å². The molecular formula is C21H23NO2. The number of rotatable bonds is 2. The predicted molar refractivity (Wildman–Crippen MR) is 96.8 cm³/mol. The van der Waals surface area contributed by atoms with Crippen molar-refractivity contribution in [3.05, 3.63) is 77.4 Å². The molecule has 1 N–H and O–H groups in total. The molecule has 124 valence electrons. The van der Waals surface area contributed by atoms with E-state index in [1.165, 1.54) is 5.56 Å². The largest absolute Gasteiger partial charge is 0.444 e. The second kappa shape index (κ2) is 6.52. The quantitative estimate of drug-likeness (QED) is 0.839. The zero-order valence-electron chi connectivity index (χ0n) is 14.3. The Morgan fingerprint density at radius 1 is 1.00 bits per heavy atom. The van der Waals surface area contributed by atoms with E-state index in [1.54, 1.807) is 0 Å². The Labute approximate surface area is 143 Å². The Morgan fingerprint density at radius 2 is 1.67 bits per heavy atom. The molecule has 24 heavy (non-hydrogen) atoms. The van der Waals surface area contributed by atoms with Crippen LogP contribution in [0.25, 0.3) is 6.08 Å². The summed E-state index contributed by atoms with van der Waals surface area (Å²) in [4.78, 5) is 12.4. The number of nitrogens with one attached hydrogen (secondary N) is 1. The van der Waals surface area contributed by atoms with E-state index < -0.39 is 11.7 Å². The van der Waals surface area contributed by atoms with Crippen LogP contribution >= 0.6 is 0 Å². The molecule has 0 heterocycles. The van der Waals surface area contributed by atoms with Crippen LogP contribution in [0, 0.1) is 0 Å². The Bertz CT molecular complexity index is 744. The number of hydrogen-bond acceptors (Lipinski definition) is 2. The summed E-state index contributed by atoms with van der Waals surface area (Å²) >= 11 is 0. The molecule has 3 nitrogen and oxygen atoms in total. The molecule has 0 saturated heterocycles. The maximum atomic E-state index is 12.4. The lowest BCUT2D eigenvalue weighted by atomic mass is 9.81. The SMILES string of the molecule is CC(C)(C)OC(=O)N[C@@H]1c2ccccc2C=C[C@H]1c1ccccc1. The van der Waals surface area contributed by atoms with Crippen LogP contribution in [0.4, 0.5) is 4.79 Å². The molecule has 2 aromatic rings. The Hall–Kier alpha value is -2.55. The highest BCUT2D eigenvalue weighted by Gasteiger charge is 2.30. The summed E-state index contributed by atoms with van der Waals surface area (Å²) < 4.78 is 5.47. The summed E-state index contributed by atoms with van der Waals surface area (Å²) in [6, 6.07) is 18.2. The van der Waals surface area contributed by atoms with Crippen molar-refractivity contribution >= 4 is 12.2 Å². The van der Waals surface area contributed by atoms with Crippen LogP contribution in [0.1, 0.15) is 49.4 Å². The van der Waals surface area contributed by atoms with Gasteiger partial charge in [0.25, 0.3) is 0 Å². The summed E-state index contributed by atoms with van der Waals surface area (Å²) in [6.07, 6.45) is 3.89. The van der Waals surface area contributed by atoms with Gasteiger partial charge in [-0.15, -0.1) is 0 Å². The van der Waals surface area contributed by atoms with Gasteiger partial charge in [0.15, 0.2) is 0 Å². The van der Waals surface area contributed by atoms with Crippen molar-refractivity contribution in [3.8, 4) is 0 Å². The van der Waals surface area contributed by atoms with E-state index in [4.69, 9.17) is 4.74 Å². The second-order valence-corrected chi connectivity index (χ2v) is 7.05. The first-order valence-electron chi connectivity index (χ1n) is 8.26. The predicted octanol–water partition coefficient (Wildman–Crippen LogP) is 5.06. The van der Waals surface area contributed by atoms with Crippen molar-refractivity contribution in [2.24, 2.45) is 0 Å². The number of alkyl carbamates (subject to hydrolysis) is 1. The van der Waals surface area contributed by atoms with Gasteiger partial charge in [0.2, 0.25) is 0 Å². The van der Waals surface area contributed by atoms with Crippen LogP contribution in [-0.2, 0) is 4.74 Å². The number of fused-ring (bicyclic) bond motifs is 1. The van der Waals surface area contributed by atoms with Gasteiger partial charge in [-0.3, -0.25) is 0 Å². The van der Waals surface area contributed by atoms with E-state index in [0.29, 0.717) is 0 Å². The van der Waals surface area contributed by atoms with E-state index in [-0.39, 0.29) is 12.0 Å². The fourth-order valence-corrected chi connectivity index (χ4v) is 3.04. The van der Waals surface area contributed by atoms with Crippen LogP contribution in [0.2, 0.25) is 0 Å². The van der Waals surface area contributed by atoms with Crippen molar-refractivity contribution in [2.75, 3.05) is 0 Å². The molecule has 0 aliphatic heterocycles. The van der Waals surface area contributed by atoms with E-state index in [0.717, 1.165) is 11.1 Å². The highest BCUT2D eigenvalue weighted by atomic mass is 16.6. The molecule has 2 aromatic carbocycles. The second-order valence-electron chi connectivity index (χ2n) is 7.05. The zero-order chi connectivity index (χ0) is 17.2. The van der Waals surface area contributed by atoms with E-state index in [1.807, 2.05) is 51.1 Å². The standard InChI is InChI=1S/C21H23NO2/c1-21(2,3)24-20(23)22-19-17-12-8-7-11-16(17)13-14-18(19)15-9-5-4-6-10-15/h4-14,18-19H,1-3H3,(H,22,23)/t18-,19+/m0/s1. The Balaban J connectivity index is 1.93. The van der Waals surface area contributed by atoms with Crippen LogP contribution < -0.4 is 5.32 Å². The fraction of sp³-hybridized carbons (Fsp3) is 0.286. The number of amides is 1. The molecule has 0 spiro atoms. The molecule has 3 heteroatoms. The van der Waals surface area contributed by atoms with Crippen molar-refractivity contribution < 1.29 is 9.53 Å². The molecule has 0 fully saturated rings. The third-order valence-corrected chi connectivity index (χ3v) is 4.03.